The normalized spacial score (nSPS) is 27.5. The fourth-order valence-corrected chi connectivity index (χ4v) is 24.6. The number of rotatable bonds is 12. The van der Waals surface area contributed by atoms with Gasteiger partial charge in [-0.05, 0) is 471 Å². The van der Waals surface area contributed by atoms with Gasteiger partial charge in [0.25, 0.3) is 0 Å². The zero-order valence-electron chi connectivity index (χ0n) is 88.4. The first-order valence-corrected chi connectivity index (χ1v) is 54.5. The number of amides is 3. The summed E-state index contributed by atoms with van der Waals surface area (Å²) in [5, 5.41) is 0. The molecule has 12 saturated heterocycles. The van der Waals surface area contributed by atoms with E-state index in [4.69, 9.17) is 4.74 Å². The van der Waals surface area contributed by atoms with E-state index < -0.39 is 0 Å². The van der Waals surface area contributed by atoms with Gasteiger partial charge in [-0.3, -0.25) is 38.4 Å². The van der Waals surface area contributed by atoms with E-state index in [9.17, 15) is 38.4 Å². The van der Waals surface area contributed by atoms with Gasteiger partial charge in [0.05, 0.1) is 7.11 Å². The van der Waals surface area contributed by atoms with Crippen molar-refractivity contribution in [1.82, 2.24) is 68.8 Å². The Bertz CT molecular complexity index is 4150. The molecule has 12 aliphatic heterocycles. The molecule has 14 heterocycles. The SMILES string of the molecule is CC(C)N1CCCC(C2CCN(C)CC2)C1=O.CC1=C(C2CCN(C)CC2)C(=O)CC=C1.CC1=CCC(=O)C(C2CCN(C)CC2)=C1.CC1CCC(=O)N(C2CCN(C)CC2)C1.CC1CCCC(=O)C1C1CCN(C)CC1.CCN1CCCC(C2CCN(C)CC2)C1=O.CN1CCC(C2CCCCC2=O)CC1.CN1CCC(c2cc[nH]c(=O)c2)CC1.COc1cccc(C2CCN(C)CC2)n1. The van der Waals surface area contributed by atoms with Gasteiger partial charge in [-0.1, -0.05) is 56.2 Å². The number of nitrogens with zero attached hydrogens (tertiary/aromatic N) is 13. The maximum atomic E-state index is 12.5. The molecule has 2 saturated carbocycles. The lowest BCUT2D eigenvalue weighted by atomic mass is 9.69. The molecular weight excluding hydrogens is 1700 g/mol. The largest absolute Gasteiger partial charge is 0.481 e. The minimum Gasteiger partial charge on any atom is -0.481 e. The molecule has 0 radical (unpaired) electrons. The Labute approximate surface area is 823 Å². The van der Waals surface area contributed by atoms with Gasteiger partial charge in [-0.2, -0.15) is 0 Å². The molecule has 14 fully saturated rings. The topological polar surface area (TPSA) is 213 Å². The lowest BCUT2D eigenvalue weighted by Gasteiger charge is -2.41. The summed E-state index contributed by atoms with van der Waals surface area (Å²) in [6, 6.07) is 10.7. The molecule has 764 valence electrons. The number of carbonyl (C=O) groups excluding carboxylic acids is 7. The lowest BCUT2D eigenvalue weighted by Crippen LogP contribution is -2.50. The molecule has 2 aromatic heterocycles. The first-order valence-electron chi connectivity index (χ1n) is 54.5. The third-order valence-electron chi connectivity index (χ3n) is 33.9. The molecule has 23 nitrogen and oxygen atoms in total. The monoisotopic (exact) mass is 1890 g/mol. The standard InChI is InChI=1S/C14H26N2O.C13H24N2O.C13H19NO.C13H23NO.C13H19NO.C12H22N2O.C12H18N2O.C12H21NO.C11H16N2O/c1-11(2)16-8-4-5-13(14(16)17)12-6-9-15(3)10-7-12;1-3-15-8-4-5-12(13(15)16)11-6-9-14(2)10-7-11;1-10-3-4-13(15)12(9-10)11-5-7-14(2)8-6-11;2*1-10-4-3-5-12(15)13(10)11-6-8-14(2)9-7-11;1-10-3-4-12(15)14(9-10)11-5-7-13(2)8-6-11;1-14-8-6-10(7-9-14)11-4-3-5-12(13-11)15-2;1-13-8-6-10(7-9-13)11-4-2-3-5-12(11)14;1-13-6-3-9(4-7-13)10-2-5-12-11(14)8-10/h11-13H,4-10H2,1-3H3;11-12H,3-10H2,1-2H3;3,9,11H,4-8H2,1-2H3;10-11,13H,3-9H2,1-2H3;3-4,11H,5-9H2,1-2H3;10-11H,3-9H2,1-2H3;3-5,10H,6-9H2,1-2H3;10-11H,2-9H2,1H3;2,5,8-9H,3-4,6-7H2,1H3,(H,12,14). The Morgan fingerprint density at radius 3 is 1.42 bits per heavy atom. The first-order chi connectivity index (χ1) is 65.3. The highest BCUT2D eigenvalue weighted by atomic mass is 16.5. The Balaban J connectivity index is 0.000000158. The van der Waals surface area contributed by atoms with Crippen LogP contribution in [0.3, 0.4) is 0 Å². The van der Waals surface area contributed by atoms with Crippen molar-refractivity contribution in [1.29, 1.82) is 0 Å². The fourth-order valence-electron chi connectivity index (χ4n) is 24.6. The Hall–Kier alpha value is -6.41. The van der Waals surface area contributed by atoms with Gasteiger partial charge in [0.1, 0.15) is 11.6 Å². The van der Waals surface area contributed by atoms with Crippen LogP contribution in [-0.2, 0) is 33.6 Å². The average molecular weight is 1890 g/mol. The van der Waals surface area contributed by atoms with Crippen LogP contribution in [-0.4, -0.2) is 336 Å². The number of ketones is 4. The minimum atomic E-state index is 0.0152. The van der Waals surface area contributed by atoms with Crippen molar-refractivity contribution >= 4 is 40.9 Å². The van der Waals surface area contributed by atoms with Crippen LogP contribution in [0.4, 0.5) is 0 Å². The van der Waals surface area contributed by atoms with E-state index in [1.165, 1.54) is 184 Å². The molecule has 16 aliphatic rings. The fraction of sp³-hybridized carbons (Fsp3) is 0.779. The quantitative estimate of drug-likeness (QED) is 0.209. The number of H-pyrrole nitrogens is 1. The molecule has 4 aliphatic carbocycles. The molecule has 2 aromatic rings. The van der Waals surface area contributed by atoms with Crippen molar-refractivity contribution in [3.8, 4) is 5.88 Å². The van der Waals surface area contributed by atoms with E-state index in [0.717, 1.165) is 199 Å². The second-order valence-corrected chi connectivity index (χ2v) is 44.7. The number of piperidine rings is 12. The van der Waals surface area contributed by atoms with Crippen LogP contribution in [0.1, 0.15) is 283 Å². The van der Waals surface area contributed by atoms with Crippen molar-refractivity contribution < 1.29 is 38.3 Å². The number of allylic oxidation sites excluding steroid dienone is 8. The van der Waals surface area contributed by atoms with E-state index in [0.29, 0.717) is 149 Å². The Morgan fingerprint density at radius 1 is 0.449 bits per heavy atom. The second kappa shape index (κ2) is 57.6. The van der Waals surface area contributed by atoms with Crippen molar-refractivity contribution in [3.05, 3.63) is 105 Å². The maximum Gasteiger partial charge on any atom is 0.248 e. The highest BCUT2D eigenvalue weighted by Crippen LogP contribution is 2.41. The molecule has 6 unspecified atom stereocenters. The van der Waals surface area contributed by atoms with Crippen molar-refractivity contribution in [3.63, 3.8) is 0 Å². The Kier molecular flexibility index (Phi) is 47.3. The summed E-state index contributed by atoms with van der Waals surface area (Å²) in [4.78, 5) is 130. The highest BCUT2D eigenvalue weighted by molar-refractivity contribution is 5.99. The molecule has 0 bridgehead atoms. The van der Waals surface area contributed by atoms with Gasteiger partial charge in [-0.25, -0.2) is 4.98 Å². The highest BCUT2D eigenvalue weighted by Gasteiger charge is 2.41. The molecule has 1 N–H and O–H groups in total. The summed E-state index contributed by atoms with van der Waals surface area (Å²) in [5.74, 6) is 11.5. The van der Waals surface area contributed by atoms with Crippen LogP contribution in [0.25, 0.3) is 0 Å². The van der Waals surface area contributed by atoms with Crippen LogP contribution < -0.4 is 10.3 Å². The van der Waals surface area contributed by atoms with Gasteiger partial charge in [-0.15, -0.1) is 0 Å². The summed E-state index contributed by atoms with van der Waals surface area (Å²) in [6.45, 7) is 39.7. The summed E-state index contributed by atoms with van der Waals surface area (Å²) in [5.41, 5.74) is 7.05. The van der Waals surface area contributed by atoms with E-state index in [-0.39, 0.29) is 5.56 Å². The van der Waals surface area contributed by atoms with Crippen LogP contribution >= 0.6 is 0 Å². The van der Waals surface area contributed by atoms with Crippen LogP contribution in [0.5, 0.6) is 5.88 Å². The van der Waals surface area contributed by atoms with Gasteiger partial charge < -0.3 is 68.5 Å². The molecule has 18 rings (SSSR count). The van der Waals surface area contributed by atoms with Gasteiger partial charge in [0.15, 0.2) is 11.6 Å². The second-order valence-electron chi connectivity index (χ2n) is 44.7. The van der Waals surface area contributed by atoms with Crippen LogP contribution in [0.2, 0.25) is 0 Å². The number of likely N-dealkylation sites (tertiary alicyclic amines) is 12. The number of ether oxygens (including phenoxy) is 1. The summed E-state index contributed by atoms with van der Waals surface area (Å²) in [7, 11) is 21.2. The molecule has 136 heavy (non-hydrogen) atoms. The zero-order valence-corrected chi connectivity index (χ0v) is 88.4. The van der Waals surface area contributed by atoms with Crippen molar-refractivity contribution in [2.45, 2.75) is 284 Å². The van der Waals surface area contributed by atoms with E-state index in [1.807, 2.05) is 35.3 Å². The number of Topliss-reactive ketones (excluding diaryl/α,β-unsaturated/α-hetero) is 4. The number of aromatic amines is 1. The van der Waals surface area contributed by atoms with Crippen molar-refractivity contribution in [2.24, 2.45) is 71.0 Å². The number of nitrogens with one attached hydrogen (secondary N) is 1. The summed E-state index contributed by atoms with van der Waals surface area (Å²) < 4.78 is 5.15. The Morgan fingerprint density at radius 2 is 0.919 bits per heavy atom. The average Bonchev–Trinajstić information content (AvgIpc) is 0.852. The molecule has 0 spiro atoms. The predicted molar refractivity (Wildman–Crippen MR) is 555 cm³/mol. The van der Waals surface area contributed by atoms with Gasteiger partial charge in [0.2, 0.25) is 29.2 Å². The maximum absolute atomic E-state index is 12.5. The first kappa shape index (κ1) is 112. The summed E-state index contributed by atoms with van der Waals surface area (Å²) in [6.07, 6.45) is 46.8. The third kappa shape index (κ3) is 35.3. The van der Waals surface area contributed by atoms with Gasteiger partial charge >= 0.3 is 0 Å². The van der Waals surface area contributed by atoms with Crippen LogP contribution in [0, 0.1) is 71.0 Å². The van der Waals surface area contributed by atoms with Gasteiger partial charge in [0, 0.05) is 130 Å². The molecular formula is C113H188N14O9. The zero-order chi connectivity index (χ0) is 97.9. The minimum absolute atomic E-state index is 0.0152. The summed E-state index contributed by atoms with van der Waals surface area (Å²) >= 11 is 0. The smallest absolute Gasteiger partial charge is 0.248 e. The number of pyridine rings is 2. The molecule has 3 amide bonds. The van der Waals surface area contributed by atoms with Crippen molar-refractivity contribution in [2.75, 3.05) is 215 Å². The number of hydrogen-bond acceptors (Lipinski definition) is 19. The molecule has 23 heteroatoms. The molecule has 6 atom stereocenters. The lowest BCUT2D eigenvalue weighted by molar-refractivity contribution is -0.143. The number of aromatic nitrogens is 2. The predicted octanol–water partition coefficient (Wildman–Crippen LogP) is 16.8. The molecule has 0 aromatic carbocycles. The van der Waals surface area contributed by atoms with Crippen LogP contribution in [0.15, 0.2) is 87.9 Å². The van der Waals surface area contributed by atoms with E-state index in [2.05, 4.69) is 194 Å². The number of hydrogen-bond donors (Lipinski definition) is 1. The van der Waals surface area contributed by atoms with E-state index in [1.54, 1.807) is 19.4 Å². The van der Waals surface area contributed by atoms with E-state index >= 15 is 0 Å². The third-order valence-corrected chi connectivity index (χ3v) is 33.9. The number of methoxy groups -OCH3 is 1. The number of carbonyl (C=O) groups is 7.